The van der Waals surface area contributed by atoms with Gasteiger partial charge in [0.05, 0.1) is 10.9 Å². The molecule has 0 amide bonds. The Hall–Kier alpha value is -2.26. The van der Waals surface area contributed by atoms with Crippen LogP contribution in [0.5, 0.6) is 0 Å². The summed E-state index contributed by atoms with van der Waals surface area (Å²) in [5.41, 5.74) is 0. The van der Waals surface area contributed by atoms with Crippen LogP contribution in [0.2, 0.25) is 0 Å². The van der Waals surface area contributed by atoms with Gasteiger partial charge in [-0.2, -0.15) is 0 Å². The van der Waals surface area contributed by atoms with E-state index in [1.165, 1.54) is 20.9 Å². The largest absolute Gasteiger partial charge is 0.310 e. The Morgan fingerprint density at radius 1 is 0.735 bits per heavy atom. The maximum absolute atomic E-state index is 14.6. The van der Waals surface area contributed by atoms with Crippen molar-refractivity contribution in [3.63, 3.8) is 0 Å². The molecule has 1 N–H and O–H groups in total. The third-order valence-electron chi connectivity index (χ3n) is 4.55. The number of nitrogens with one attached hydrogen (secondary N) is 1. The molecule has 2 rings (SSSR count). The highest BCUT2D eigenvalue weighted by molar-refractivity contribution is 7.99. The summed E-state index contributed by atoms with van der Waals surface area (Å²) >= 11 is 0.0828. The second kappa shape index (κ2) is 10.2. The van der Waals surface area contributed by atoms with Crippen LogP contribution >= 0.6 is 11.8 Å². The van der Waals surface area contributed by atoms with Gasteiger partial charge in [0.15, 0.2) is 52.3 Å². The van der Waals surface area contributed by atoms with Crippen molar-refractivity contribution in [3.05, 3.63) is 52.4 Å². The molecular weight excluding hydrogens is 525 g/mol. The van der Waals surface area contributed by atoms with Gasteiger partial charge in [0, 0.05) is 11.7 Å². The molecule has 188 valence electrons. The number of sulfone groups is 1. The zero-order valence-electron chi connectivity index (χ0n) is 17.3. The van der Waals surface area contributed by atoms with Crippen LogP contribution < -0.4 is 5.32 Å². The first kappa shape index (κ1) is 28.0. The van der Waals surface area contributed by atoms with Crippen molar-refractivity contribution in [1.29, 1.82) is 0 Å². The average Bonchev–Trinajstić information content (AvgIpc) is 2.76. The van der Waals surface area contributed by atoms with Gasteiger partial charge in [-0.25, -0.2) is 47.9 Å². The van der Waals surface area contributed by atoms with Gasteiger partial charge in [-0.05, 0) is 7.05 Å². The van der Waals surface area contributed by atoms with Crippen LogP contribution in [0.15, 0.2) is 14.7 Å². The molecule has 0 saturated heterocycles. The maximum Gasteiger partial charge on any atom is 0.218 e. The smallest absolute Gasteiger partial charge is 0.218 e. The van der Waals surface area contributed by atoms with E-state index in [1.807, 2.05) is 0 Å². The zero-order chi connectivity index (χ0) is 26.3. The fourth-order valence-corrected chi connectivity index (χ4v) is 5.36. The predicted molar refractivity (Wildman–Crippen MR) is 101 cm³/mol. The molecule has 1 atom stereocenters. The number of benzene rings is 2. The number of ketones is 1. The maximum atomic E-state index is 14.6. The predicted octanol–water partition coefficient (Wildman–Crippen LogP) is 4.68. The van der Waals surface area contributed by atoms with E-state index in [0.717, 1.165) is 0 Å². The lowest BCUT2D eigenvalue weighted by Crippen LogP contribution is -2.38. The van der Waals surface area contributed by atoms with E-state index in [2.05, 4.69) is 5.32 Å². The summed E-state index contributed by atoms with van der Waals surface area (Å²) in [4.78, 5) is 5.33. The van der Waals surface area contributed by atoms with Crippen molar-refractivity contribution in [2.75, 3.05) is 12.8 Å². The topological polar surface area (TPSA) is 63.2 Å². The number of thioether (sulfide) groups is 1. The summed E-state index contributed by atoms with van der Waals surface area (Å²) in [7, 11) is -5.03. The molecule has 0 saturated carbocycles. The minimum Gasteiger partial charge on any atom is -0.310 e. The Kier molecular flexibility index (Phi) is 8.36. The van der Waals surface area contributed by atoms with Crippen molar-refractivity contribution in [2.24, 2.45) is 5.92 Å². The number of Topliss-reactive ketones (excluding diaryl/α,β-unsaturated/α-hetero) is 1. The lowest BCUT2D eigenvalue weighted by molar-refractivity contribution is -0.123. The third-order valence-corrected chi connectivity index (χ3v) is 7.48. The van der Waals surface area contributed by atoms with Crippen LogP contribution in [-0.4, -0.2) is 33.0 Å². The molecule has 2 aromatic rings. The van der Waals surface area contributed by atoms with Crippen molar-refractivity contribution in [3.8, 4) is 0 Å². The minimum absolute atomic E-state index is 0.0828. The number of hydrogen-bond acceptors (Lipinski definition) is 5. The van der Waals surface area contributed by atoms with E-state index in [4.69, 9.17) is 0 Å². The molecule has 1 unspecified atom stereocenters. The Morgan fingerprint density at radius 2 is 1.09 bits per heavy atom. The summed E-state index contributed by atoms with van der Waals surface area (Å²) in [5.74, 6) is -25.7. The standard InChI is InChI=1S/C19H14F9NO3S2/c1-5(2)16(30)6(29-3)4-33-17-10(23)14(27)19(15(28)11(17)24)34(31,32)18-12(25)8(21)7(20)9(22)13(18)26/h5-6,29H,4H2,1-3H3. The zero-order valence-corrected chi connectivity index (χ0v) is 18.9. The molecule has 4 nitrogen and oxygen atoms in total. The number of carbonyl (C=O) groups is 1. The van der Waals surface area contributed by atoms with E-state index in [0.29, 0.717) is 0 Å². The SMILES string of the molecule is CNC(CSc1c(F)c(F)c(S(=O)(=O)c2c(F)c(F)c(F)c(F)c2F)c(F)c1F)C(=O)C(C)C. The molecule has 0 heterocycles. The molecule has 0 bridgehead atoms. The number of hydrogen-bond donors (Lipinski definition) is 1. The monoisotopic (exact) mass is 539 g/mol. The molecule has 0 radical (unpaired) electrons. The number of carbonyl (C=O) groups excluding carboxylic acids is 1. The molecule has 0 aliphatic heterocycles. The van der Waals surface area contributed by atoms with E-state index in [1.54, 1.807) is 0 Å². The Bertz CT molecular complexity index is 1210. The lowest BCUT2D eigenvalue weighted by Gasteiger charge is -2.18. The molecule has 34 heavy (non-hydrogen) atoms. The Balaban J connectivity index is 2.69. The first-order chi connectivity index (χ1) is 15.6. The summed E-state index contributed by atoms with van der Waals surface area (Å²) in [6, 6.07) is -1.04. The highest BCUT2D eigenvalue weighted by atomic mass is 32.2. The first-order valence-electron chi connectivity index (χ1n) is 9.07. The van der Waals surface area contributed by atoms with Crippen molar-refractivity contribution < 1.29 is 52.7 Å². The van der Waals surface area contributed by atoms with Gasteiger partial charge in [0.2, 0.25) is 15.7 Å². The van der Waals surface area contributed by atoms with E-state index >= 15 is 0 Å². The van der Waals surface area contributed by atoms with Gasteiger partial charge in [0.25, 0.3) is 0 Å². The lowest BCUT2D eigenvalue weighted by atomic mass is 10.0. The number of halogens is 9. The highest BCUT2D eigenvalue weighted by Gasteiger charge is 2.41. The van der Waals surface area contributed by atoms with Crippen molar-refractivity contribution in [1.82, 2.24) is 5.32 Å². The van der Waals surface area contributed by atoms with Gasteiger partial charge >= 0.3 is 0 Å². The quantitative estimate of drug-likeness (QED) is 0.174. The van der Waals surface area contributed by atoms with Crippen molar-refractivity contribution in [2.45, 2.75) is 34.6 Å². The molecule has 0 fully saturated rings. The summed E-state index contributed by atoms with van der Waals surface area (Å²) in [5, 5.41) is 2.52. The molecule has 0 aliphatic carbocycles. The molecule has 0 aliphatic rings. The average molecular weight is 539 g/mol. The third kappa shape index (κ3) is 4.64. The van der Waals surface area contributed by atoms with E-state index in [-0.39, 0.29) is 11.8 Å². The second-order valence-electron chi connectivity index (χ2n) is 7.03. The molecule has 2 aromatic carbocycles. The Labute approximate surface area is 191 Å². The van der Waals surface area contributed by atoms with Gasteiger partial charge in [-0.15, -0.1) is 11.8 Å². The van der Waals surface area contributed by atoms with E-state index in [9.17, 15) is 52.7 Å². The molecule has 0 aromatic heterocycles. The van der Waals surface area contributed by atoms with Gasteiger partial charge in [-0.1, -0.05) is 13.8 Å². The summed E-state index contributed by atoms with van der Waals surface area (Å²) < 4.78 is 151. The second-order valence-corrected chi connectivity index (χ2v) is 9.88. The Morgan fingerprint density at radius 3 is 1.44 bits per heavy atom. The van der Waals surface area contributed by atoms with Crippen LogP contribution in [0.1, 0.15) is 13.8 Å². The van der Waals surface area contributed by atoms with E-state index < -0.39 is 100 Å². The van der Waals surface area contributed by atoms with Gasteiger partial charge < -0.3 is 5.32 Å². The number of rotatable bonds is 8. The molecule has 15 heteroatoms. The highest BCUT2D eigenvalue weighted by Crippen LogP contribution is 2.38. The fourth-order valence-electron chi connectivity index (χ4n) is 2.75. The van der Waals surface area contributed by atoms with Crippen LogP contribution in [0.4, 0.5) is 39.5 Å². The summed E-state index contributed by atoms with van der Waals surface area (Å²) in [6.45, 7) is 3.02. The van der Waals surface area contributed by atoms with Crippen LogP contribution in [-0.2, 0) is 14.6 Å². The van der Waals surface area contributed by atoms with Gasteiger partial charge in [0.1, 0.15) is 9.79 Å². The minimum atomic E-state index is -6.35. The van der Waals surface area contributed by atoms with Gasteiger partial charge in [-0.3, -0.25) is 4.79 Å². The van der Waals surface area contributed by atoms with Crippen LogP contribution in [0, 0.1) is 58.3 Å². The molecular formula is C19H14F9NO3S2. The van der Waals surface area contributed by atoms with Crippen LogP contribution in [0.25, 0.3) is 0 Å². The van der Waals surface area contributed by atoms with Crippen molar-refractivity contribution >= 4 is 27.4 Å². The fraction of sp³-hybridized carbons (Fsp3) is 0.316. The number of likely N-dealkylation sites (N-methyl/N-ethyl adjacent to an activating group) is 1. The normalized spacial score (nSPS) is 13.0. The summed E-state index contributed by atoms with van der Waals surface area (Å²) in [6.07, 6.45) is 0. The van der Waals surface area contributed by atoms with Crippen LogP contribution in [0.3, 0.4) is 0 Å². The molecule has 0 spiro atoms. The first-order valence-corrected chi connectivity index (χ1v) is 11.5.